The van der Waals surface area contributed by atoms with Crippen LogP contribution >= 0.6 is 23.5 Å². The van der Waals surface area contributed by atoms with Crippen molar-refractivity contribution in [2.75, 3.05) is 0 Å². The van der Waals surface area contributed by atoms with Gasteiger partial charge >= 0.3 is 0 Å². The molecule has 0 aliphatic rings. The van der Waals surface area contributed by atoms with Crippen molar-refractivity contribution in [3.05, 3.63) is 73.1 Å². The summed E-state index contributed by atoms with van der Waals surface area (Å²) in [5, 5.41) is 4.71. The second-order valence-electron chi connectivity index (χ2n) is 4.03. The van der Waals surface area contributed by atoms with E-state index in [-0.39, 0.29) is 10.5 Å². The van der Waals surface area contributed by atoms with Crippen molar-refractivity contribution >= 4 is 34.0 Å². The molecular weight excluding hydrogens is 316 g/mol. The number of carbonyl (C=O) groups is 2. The van der Waals surface area contributed by atoms with E-state index in [4.69, 9.17) is 0 Å². The molecule has 0 unspecified atom stereocenters. The summed E-state index contributed by atoms with van der Waals surface area (Å²) in [6.07, 6.45) is 2.81. The van der Waals surface area contributed by atoms with Crippen LogP contribution in [0.3, 0.4) is 0 Å². The molecule has 2 amide bonds. The van der Waals surface area contributed by atoms with E-state index in [1.165, 1.54) is 12.4 Å². The number of rotatable bonds is 4. The summed E-state index contributed by atoms with van der Waals surface area (Å²) in [7, 11) is 0. The van der Waals surface area contributed by atoms with E-state index < -0.39 is 0 Å². The predicted octanol–water partition coefficient (Wildman–Crippen LogP) is 4.46. The Balaban J connectivity index is 1.69. The van der Waals surface area contributed by atoms with Crippen molar-refractivity contribution < 1.29 is 9.59 Å². The highest BCUT2D eigenvalue weighted by Crippen LogP contribution is 2.18. The molecule has 112 valence electrons. The van der Waals surface area contributed by atoms with Crippen molar-refractivity contribution in [3.8, 4) is 0 Å². The van der Waals surface area contributed by atoms with Crippen LogP contribution in [0.4, 0.5) is 9.59 Å². The first kappa shape index (κ1) is 16.2. The Morgan fingerprint density at radius 3 is 1.41 bits per heavy atom. The van der Waals surface area contributed by atoms with Gasteiger partial charge in [0.1, 0.15) is 0 Å². The number of benzene rings is 2. The largest absolute Gasteiger partial charge is 0.322 e. The normalized spacial score (nSPS) is 10.4. The third-order valence-corrected chi connectivity index (χ3v) is 4.02. The first-order valence-electron chi connectivity index (χ1n) is 6.46. The Morgan fingerprint density at radius 1 is 0.682 bits per heavy atom. The fourth-order valence-corrected chi connectivity index (χ4v) is 2.74. The Labute approximate surface area is 137 Å². The van der Waals surface area contributed by atoms with Gasteiger partial charge in [-0.25, -0.2) is 0 Å². The quantitative estimate of drug-likeness (QED) is 0.813. The maximum atomic E-state index is 11.6. The van der Waals surface area contributed by atoms with Crippen LogP contribution in [0.25, 0.3) is 0 Å². The molecule has 0 atom stereocenters. The Bertz CT molecular complexity index is 588. The summed E-state index contributed by atoms with van der Waals surface area (Å²) < 4.78 is 0. The molecule has 0 aliphatic carbocycles. The number of amides is 2. The van der Waals surface area contributed by atoms with Gasteiger partial charge in [0.15, 0.2) is 0 Å². The Hall–Kier alpha value is -2.18. The van der Waals surface area contributed by atoms with Gasteiger partial charge in [-0.15, -0.1) is 0 Å². The molecule has 0 saturated heterocycles. The van der Waals surface area contributed by atoms with E-state index in [0.29, 0.717) is 0 Å². The van der Waals surface area contributed by atoms with E-state index in [2.05, 4.69) is 10.6 Å². The van der Waals surface area contributed by atoms with Gasteiger partial charge < -0.3 is 10.6 Å². The van der Waals surface area contributed by atoms with Crippen LogP contribution < -0.4 is 10.6 Å². The highest BCUT2D eigenvalue weighted by molar-refractivity contribution is 8.13. The molecular formula is C16H14N2O2S2. The molecule has 2 N–H and O–H groups in total. The van der Waals surface area contributed by atoms with E-state index in [1.807, 2.05) is 60.7 Å². The lowest BCUT2D eigenvalue weighted by Gasteiger charge is -2.01. The standard InChI is InChI=1S/C16H14N2O2S2/c19-15(21-13-7-3-1-4-8-13)17-11-12-18-16(20)22-14-9-5-2-6-10-14/h1-12H,(H,17,19)(H,18,20)/b12-11+. The van der Waals surface area contributed by atoms with Gasteiger partial charge in [0.2, 0.25) is 0 Å². The zero-order valence-electron chi connectivity index (χ0n) is 11.6. The minimum Gasteiger partial charge on any atom is -0.322 e. The Morgan fingerprint density at radius 2 is 1.05 bits per heavy atom. The molecule has 0 saturated carbocycles. The van der Waals surface area contributed by atoms with Crippen molar-refractivity contribution in [1.29, 1.82) is 0 Å². The lowest BCUT2D eigenvalue weighted by molar-refractivity contribution is 0.261. The number of carbonyl (C=O) groups excluding carboxylic acids is 2. The molecule has 0 radical (unpaired) electrons. The molecule has 0 aromatic heterocycles. The minimum atomic E-state index is -0.215. The molecule has 6 heteroatoms. The number of hydrogen-bond acceptors (Lipinski definition) is 4. The van der Waals surface area contributed by atoms with Gasteiger partial charge in [-0.1, -0.05) is 36.4 Å². The van der Waals surface area contributed by atoms with Gasteiger partial charge in [0.25, 0.3) is 10.5 Å². The summed E-state index contributed by atoms with van der Waals surface area (Å²) in [6.45, 7) is 0. The van der Waals surface area contributed by atoms with Gasteiger partial charge in [-0.2, -0.15) is 0 Å². The summed E-state index contributed by atoms with van der Waals surface area (Å²) in [5.74, 6) is 0. The number of hydrogen-bond donors (Lipinski definition) is 2. The number of nitrogens with one attached hydrogen (secondary N) is 2. The first-order chi connectivity index (χ1) is 10.7. The minimum absolute atomic E-state index is 0.215. The fourth-order valence-electron chi connectivity index (χ4n) is 1.47. The highest BCUT2D eigenvalue weighted by Gasteiger charge is 2.02. The second kappa shape index (κ2) is 8.96. The number of thioether (sulfide) groups is 2. The molecule has 22 heavy (non-hydrogen) atoms. The maximum Gasteiger partial charge on any atom is 0.287 e. The van der Waals surface area contributed by atoms with Crippen molar-refractivity contribution in [1.82, 2.24) is 10.6 Å². The summed E-state index contributed by atoms with van der Waals surface area (Å²) in [6, 6.07) is 18.7. The zero-order valence-corrected chi connectivity index (χ0v) is 13.2. The van der Waals surface area contributed by atoms with Gasteiger partial charge in [0, 0.05) is 22.2 Å². The predicted molar refractivity (Wildman–Crippen MR) is 90.8 cm³/mol. The summed E-state index contributed by atoms with van der Waals surface area (Å²) >= 11 is 2.17. The molecule has 0 spiro atoms. The molecule has 4 nitrogen and oxygen atoms in total. The van der Waals surface area contributed by atoms with Crippen LogP contribution in [0.5, 0.6) is 0 Å². The topological polar surface area (TPSA) is 58.2 Å². The summed E-state index contributed by atoms with van der Waals surface area (Å²) in [5.41, 5.74) is 0. The van der Waals surface area contributed by atoms with E-state index in [1.54, 1.807) is 0 Å². The van der Waals surface area contributed by atoms with E-state index in [9.17, 15) is 9.59 Å². The first-order valence-corrected chi connectivity index (χ1v) is 8.09. The lowest BCUT2D eigenvalue weighted by Crippen LogP contribution is -2.15. The van der Waals surface area contributed by atoms with Crippen LogP contribution in [-0.2, 0) is 0 Å². The highest BCUT2D eigenvalue weighted by atomic mass is 32.2. The van der Waals surface area contributed by atoms with Crippen LogP contribution in [-0.4, -0.2) is 10.5 Å². The van der Waals surface area contributed by atoms with Crippen LogP contribution in [0.15, 0.2) is 82.9 Å². The molecule has 0 heterocycles. The van der Waals surface area contributed by atoms with Crippen LogP contribution in [0.1, 0.15) is 0 Å². The van der Waals surface area contributed by atoms with Gasteiger partial charge in [-0.05, 0) is 47.8 Å². The third kappa shape index (κ3) is 6.07. The van der Waals surface area contributed by atoms with E-state index >= 15 is 0 Å². The zero-order chi connectivity index (χ0) is 15.6. The second-order valence-corrected chi connectivity index (χ2v) is 6.12. The van der Waals surface area contributed by atoms with Gasteiger partial charge in [0.05, 0.1) is 0 Å². The molecule has 2 aromatic rings. The van der Waals surface area contributed by atoms with Crippen molar-refractivity contribution in [2.45, 2.75) is 9.79 Å². The van der Waals surface area contributed by atoms with E-state index in [0.717, 1.165) is 33.3 Å². The van der Waals surface area contributed by atoms with Gasteiger partial charge in [-0.3, -0.25) is 9.59 Å². The van der Waals surface area contributed by atoms with Crippen LogP contribution in [0, 0.1) is 0 Å². The fraction of sp³-hybridized carbons (Fsp3) is 0. The monoisotopic (exact) mass is 330 g/mol. The molecule has 2 rings (SSSR count). The molecule has 0 bridgehead atoms. The average molecular weight is 330 g/mol. The van der Waals surface area contributed by atoms with Crippen molar-refractivity contribution in [3.63, 3.8) is 0 Å². The third-order valence-electron chi connectivity index (χ3n) is 2.39. The van der Waals surface area contributed by atoms with Crippen molar-refractivity contribution in [2.24, 2.45) is 0 Å². The lowest BCUT2D eigenvalue weighted by atomic mass is 10.4. The molecule has 2 aromatic carbocycles. The molecule has 0 aliphatic heterocycles. The van der Waals surface area contributed by atoms with Crippen LogP contribution in [0.2, 0.25) is 0 Å². The Kier molecular flexibility index (Phi) is 6.60. The average Bonchev–Trinajstić information content (AvgIpc) is 2.53. The maximum absolute atomic E-state index is 11.6. The molecule has 0 fully saturated rings. The summed E-state index contributed by atoms with van der Waals surface area (Å²) in [4.78, 5) is 25.0. The SMILES string of the molecule is O=C(N/C=C/NC(=O)Sc1ccccc1)Sc1ccccc1. The smallest absolute Gasteiger partial charge is 0.287 e.